The summed E-state index contributed by atoms with van der Waals surface area (Å²) in [5.74, 6) is 0. The topological polar surface area (TPSA) is 30.5 Å². The van der Waals surface area contributed by atoms with Gasteiger partial charge in [0.15, 0.2) is 0 Å². The molecular formula is C16H25NO2. The molecule has 1 unspecified atom stereocenters. The van der Waals surface area contributed by atoms with Crippen LogP contribution in [0.5, 0.6) is 0 Å². The molecule has 2 rings (SSSR count). The minimum Gasteiger partial charge on any atom is -0.385 e. The van der Waals surface area contributed by atoms with Crippen LogP contribution in [0, 0.1) is 6.92 Å². The van der Waals surface area contributed by atoms with Gasteiger partial charge in [-0.15, -0.1) is 0 Å². The number of aryl methyl sites for hydroxylation is 1. The van der Waals surface area contributed by atoms with Gasteiger partial charge in [0.05, 0.1) is 6.10 Å². The molecule has 0 saturated heterocycles. The molecule has 1 aromatic carbocycles. The molecule has 106 valence electrons. The summed E-state index contributed by atoms with van der Waals surface area (Å²) >= 11 is 0. The molecular weight excluding hydrogens is 238 g/mol. The predicted octanol–water partition coefficient (Wildman–Crippen LogP) is 2.84. The Hall–Kier alpha value is -0.900. The van der Waals surface area contributed by atoms with Crippen molar-refractivity contribution in [3.8, 4) is 0 Å². The van der Waals surface area contributed by atoms with Crippen molar-refractivity contribution < 1.29 is 9.47 Å². The van der Waals surface area contributed by atoms with E-state index in [9.17, 15) is 0 Å². The van der Waals surface area contributed by atoms with E-state index >= 15 is 0 Å². The molecule has 1 aliphatic carbocycles. The first-order chi connectivity index (χ1) is 9.31. The van der Waals surface area contributed by atoms with Crippen LogP contribution >= 0.6 is 0 Å². The number of nitrogens with one attached hydrogen (secondary N) is 1. The van der Waals surface area contributed by atoms with Crippen LogP contribution in [0.2, 0.25) is 0 Å². The van der Waals surface area contributed by atoms with Gasteiger partial charge in [-0.2, -0.15) is 0 Å². The molecule has 0 radical (unpaired) electrons. The zero-order valence-electron chi connectivity index (χ0n) is 12.0. The van der Waals surface area contributed by atoms with Crippen LogP contribution in [-0.2, 0) is 9.47 Å². The molecule has 0 aliphatic heterocycles. The molecule has 1 saturated carbocycles. The molecule has 1 fully saturated rings. The van der Waals surface area contributed by atoms with Gasteiger partial charge in [0.2, 0.25) is 0 Å². The molecule has 19 heavy (non-hydrogen) atoms. The first kappa shape index (κ1) is 14.5. The summed E-state index contributed by atoms with van der Waals surface area (Å²) < 4.78 is 11.1. The first-order valence-corrected chi connectivity index (χ1v) is 7.20. The van der Waals surface area contributed by atoms with E-state index in [0.29, 0.717) is 6.04 Å². The third kappa shape index (κ3) is 4.94. The summed E-state index contributed by atoms with van der Waals surface area (Å²) in [6.45, 7) is 4.57. The minimum atomic E-state index is 0.152. The number of hydrogen-bond acceptors (Lipinski definition) is 3. The maximum absolute atomic E-state index is 6.05. The van der Waals surface area contributed by atoms with Gasteiger partial charge in [-0.05, 0) is 37.3 Å². The lowest BCUT2D eigenvalue weighted by atomic mass is 10.0. The van der Waals surface area contributed by atoms with E-state index < -0.39 is 0 Å². The molecule has 0 spiro atoms. The number of benzene rings is 1. The maximum Gasteiger partial charge on any atom is 0.0951 e. The Morgan fingerprint density at radius 1 is 1.26 bits per heavy atom. The molecule has 1 N–H and O–H groups in total. The second-order valence-corrected chi connectivity index (χ2v) is 5.24. The Balaban J connectivity index is 1.90. The van der Waals surface area contributed by atoms with E-state index in [0.717, 1.165) is 26.2 Å². The summed E-state index contributed by atoms with van der Waals surface area (Å²) in [4.78, 5) is 0. The lowest BCUT2D eigenvalue weighted by molar-refractivity contribution is 0.0382. The van der Waals surface area contributed by atoms with Gasteiger partial charge in [0.25, 0.3) is 0 Å². The molecule has 3 nitrogen and oxygen atoms in total. The SMILES string of the molecule is COCCCOC(CNC1CC1)c1ccccc1C. The fourth-order valence-corrected chi connectivity index (χ4v) is 2.20. The summed E-state index contributed by atoms with van der Waals surface area (Å²) in [6.07, 6.45) is 3.72. The molecule has 0 heterocycles. The Bertz CT molecular complexity index is 377. The van der Waals surface area contributed by atoms with E-state index in [1.165, 1.54) is 24.0 Å². The van der Waals surface area contributed by atoms with Crippen molar-refractivity contribution in [3.05, 3.63) is 35.4 Å². The normalized spacial score (nSPS) is 16.5. The van der Waals surface area contributed by atoms with Crippen LogP contribution in [0.4, 0.5) is 0 Å². The number of hydrogen-bond donors (Lipinski definition) is 1. The lowest BCUT2D eigenvalue weighted by Gasteiger charge is -2.21. The Kier molecular flexibility index (Phi) is 5.83. The average molecular weight is 263 g/mol. The fourth-order valence-electron chi connectivity index (χ4n) is 2.20. The van der Waals surface area contributed by atoms with Crippen molar-refractivity contribution in [3.63, 3.8) is 0 Å². The summed E-state index contributed by atoms with van der Waals surface area (Å²) in [7, 11) is 1.73. The average Bonchev–Trinajstić information content (AvgIpc) is 3.23. The van der Waals surface area contributed by atoms with Gasteiger partial charge in [-0.1, -0.05) is 24.3 Å². The van der Waals surface area contributed by atoms with Crippen LogP contribution in [-0.4, -0.2) is 32.9 Å². The van der Waals surface area contributed by atoms with Crippen molar-refractivity contribution in [2.24, 2.45) is 0 Å². The smallest absolute Gasteiger partial charge is 0.0951 e. The van der Waals surface area contributed by atoms with Gasteiger partial charge < -0.3 is 14.8 Å². The number of rotatable bonds is 9. The van der Waals surface area contributed by atoms with Crippen LogP contribution in [0.25, 0.3) is 0 Å². The van der Waals surface area contributed by atoms with Gasteiger partial charge in [-0.25, -0.2) is 0 Å². The summed E-state index contributed by atoms with van der Waals surface area (Å²) in [5, 5.41) is 3.57. The third-order valence-electron chi connectivity index (χ3n) is 3.52. The highest BCUT2D eigenvalue weighted by atomic mass is 16.5. The molecule has 1 aliphatic rings. The van der Waals surface area contributed by atoms with Crippen LogP contribution in [0.15, 0.2) is 24.3 Å². The van der Waals surface area contributed by atoms with Crippen molar-refractivity contribution in [1.29, 1.82) is 0 Å². The van der Waals surface area contributed by atoms with Crippen molar-refractivity contribution in [2.75, 3.05) is 26.9 Å². The van der Waals surface area contributed by atoms with Crippen LogP contribution in [0.1, 0.15) is 36.5 Å². The standard InChI is InChI=1S/C16H25NO2/c1-13-6-3-4-7-15(13)16(12-17-14-8-9-14)19-11-5-10-18-2/h3-4,6-7,14,16-17H,5,8-12H2,1-2H3. The van der Waals surface area contributed by atoms with E-state index in [1.54, 1.807) is 7.11 Å². The van der Waals surface area contributed by atoms with Gasteiger partial charge in [0.1, 0.15) is 0 Å². The highest BCUT2D eigenvalue weighted by molar-refractivity contribution is 5.28. The van der Waals surface area contributed by atoms with E-state index in [4.69, 9.17) is 9.47 Å². The Morgan fingerprint density at radius 3 is 2.74 bits per heavy atom. The van der Waals surface area contributed by atoms with Crippen LogP contribution < -0.4 is 5.32 Å². The molecule has 0 aromatic heterocycles. The van der Waals surface area contributed by atoms with E-state index in [-0.39, 0.29) is 6.10 Å². The second-order valence-electron chi connectivity index (χ2n) is 5.24. The number of methoxy groups -OCH3 is 1. The second kappa shape index (κ2) is 7.63. The monoisotopic (exact) mass is 263 g/mol. The highest BCUT2D eigenvalue weighted by Crippen LogP contribution is 2.24. The first-order valence-electron chi connectivity index (χ1n) is 7.20. The van der Waals surface area contributed by atoms with Gasteiger partial charge in [0, 0.05) is 32.9 Å². The predicted molar refractivity (Wildman–Crippen MR) is 77.4 cm³/mol. The minimum absolute atomic E-state index is 0.152. The third-order valence-corrected chi connectivity index (χ3v) is 3.52. The molecule has 0 amide bonds. The van der Waals surface area contributed by atoms with Crippen LogP contribution in [0.3, 0.4) is 0 Å². The summed E-state index contributed by atoms with van der Waals surface area (Å²) in [5.41, 5.74) is 2.60. The number of ether oxygens (including phenoxy) is 2. The maximum atomic E-state index is 6.05. The van der Waals surface area contributed by atoms with Crippen molar-refractivity contribution in [1.82, 2.24) is 5.32 Å². The zero-order valence-corrected chi connectivity index (χ0v) is 12.0. The molecule has 1 aromatic rings. The van der Waals surface area contributed by atoms with E-state index in [2.05, 4.69) is 36.5 Å². The Morgan fingerprint density at radius 2 is 2.05 bits per heavy atom. The summed E-state index contributed by atoms with van der Waals surface area (Å²) in [6, 6.07) is 9.21. The van der Waals surface area contributed by atoms with Gasteiger partial charge in [-0.3, -0.25) is 0 Å². The van der Waals surface area contributed by atoms with Gasteiger partial charge >= 0.3 is 0 Å². The van der Waals surface area contributed by atoms with Crippen molar-refractivity contribution >= 4 is 0 Å². The quantitative estimate of drug-likeness (QED) is 0.695. The largest absolute Gasteiger partial charge is 0.385 e. The van der Waals surface area contributed by atoms with Crippen molar-refractivity contribution in [2.45, 2.75) is 38.3 Å². The zero-order chi connectivity index (χ0) is 13.5. The molecule has 0 bridgehead atoms. The highest BCUT2D eigenvalue weighted by Gasteiger charge is 2.23. The lowest BCUT2D eigenvalue weighted by Crippen LogP contribution is -2.26. The fraction of sp³-hybridized carbons (Fsp3) is 0.625. The Labute approximate surface area is 116 Å². The molecule has 1 atom stereocenters. The van der Waals surface area contributed by atoms with E-state index in [1.807, 2.05) is 0 Å². The molecule has 3 heteroatoms.